The van der Waals surface area contributed by atoms with Crippen LogP contribution < -0.4 is 16.8 Å². The summed E-state index contributed by atoms with van der Waals surface area (Å²) >= 11 is 0. The zero-order valence-electron chi connectivity index (χ0n) is 18.3. The number of hydrogen-bond acceptors (Lipinski definition) is 7. The number of allylic oxidation sites excluding steroid dienone is 3. The molecule has 0 spiro atoms. The number of nitrogens with two attached hydrogens (primary N) is 2. The molecule has 0 aromatic carbocycles. The maximum atomic E-state index is 12.9. The summed E-state index contributed by atoms with van der Waals surface area (Å²) in [6.07, 6.45) is 10.4. The van der Waals surface area contributed by atoms with Crippen LogP contribution in [0.25, 0.3) is 5.70 Å². The Morgan fingerprint density at radius 3 is 2.75 bits per heavy atom. The van der Waals surface area contributed by atoms with Gasteiger partial charge in [0.1, 0.15) is 12.1 Å². The molecule has 1 aromatic heterocycles. The summed E-state index contributed by atoms with van der Waals surface area (Å²) in [5.74, 6) is -0.271. The largest absolute Gasteiger partial charge is 0.398 e. The van der Waals surface area contributed by atoms with Crippen LogP contribution in [0, 0.1) is 0 Å². The first kappa shape index (κ1) is 23.2. The summed E-state index contributed by atoms with van der Waals surface area (Å²) in [6.45, 7) is 0.924. The Kier molecular flexibility index (Phi) is 7.77. The maximum Gasteiger partial charge on any atom is 0.251 e. The first-order chi connectivity index (χ1) is 15.4. The van der Waals surface area contributed by atoms with Crippen LogP contribution in [-0.2, 0) is 14.4 Å². The van der Waals surface area contributed by atoms with Crippen LogP contribution >= 0.6 is 0 Å². The normalized spacial score (nSPS) is 18.2. The predicted molar refractivity (Wildman–Crippen MR) is 121 cm³/mol. The number of aldehydes is 1. The van der Waals surface area contributed by atoms with Crippen molar-refractivity contribution in [3.8, 4) is 0 Å². The minimum absolute atomic E-state index is 0.0619. The third-order valence-electron chi connectivity index (χ3n) is 5.59. The minimum atomic E-state index is -0.302. The summed E-state index contributed by atoms with van der Waals surface area (Å²) < 4.78 is 0. The van der Waals surface area contributed by atoms with Gasteiger partial charge in [-0.2, -0.15) is 0 Å². The molecule has 1 saturated carbocycles. The van der Waals surface area contributed by atoms with E-state index < -0.39 is 0 Å². The third-order valence-corrected chi connectivity index (χ3v) is 5.59. The first-order valence-corrected chi connectivity index (χ1v) is 10.7. The fraction of sp³-hybridized carbons (Fsp3) is 0.391. The SMILES string of the molecule is CN(C(=O)C1=C(C=O)CCCN(CC(=O)N/C(N)=C/C=C(\N)c2cccnc2)C1)C1CC1. The number of nitrogens with one attached hydrogen (secondary N) is 1. The van der Waals surface area contributed by atoms with E-state index in [1.165, 1.54) is 6.08 Å². The lowest BCUT2D eigenvalue weighted by atomic mass is 10.0. The molecule has 170 valence electrons. The van der Waals surface area contributed by atoms with Gasteiger partial charge in [0.25, 0.3) is 5.91 Å². The van der Waals surface area contributed by atoms with E-state index in [1.807, 2.05) is 11.0 Å². The van der Waals surface area contributed by atoms with E-state index in [-0.39, 0.29) is 36.8 Å². The number of rotatable bonds is 8. The quantitative estimate of drug-likeness (QED) is 0.398. The highest BCUT2D eigenvalue weighted by Gasteiger charge is 2.33. The molecule has 0 unspecified atom stereocenters. The number of carbonyl (C=O) groups is 3. The minimum Gasteiger partial charge on any atom is -0.398 e. The molecule has 1 aliphatic carbocycles. The molecule has 2 heterocycles. The molecule has 0 radical (unpaired) electrons. The highest BCUT2D eigenvalue weighted by atomic mass is 16.2. The maximum absolute atomic E-state index is 12.9. The van der Waals surface area contributed by atoms with Crippen molar-refractivity contribution in [2.75, 3.05) is 26.7 Å². The molecule has 2 amide bonds. The molecule has 9 nitrogen and oxygen atoms in total. The van der Waals surface area contributed by atoms with Gasteiger partial charge in [0.2, 0.25) is 5.91 Å². The Bertz CT molecular complexity index is 950. The lowest BCUT2D eigenvalue weighted by molar-refractivity contribution is -0.127. The summed E-state index contributed by atoms with van der Waals surface area (Å²) in [5, 5.41) is 2.64. The monoisotopic (exact) mass is 438 g/mol. The van der Waals surface area contributed by atoms with Crippen LogP contribution in [0.2, 0.25) is 0 Å². The second-order valence-corrected chi connectivity index (χ2v) is 8.12. The number of pyridine rings is 1. The third kappa shape index (κ3) is 6.27. The summed E-state index contributed by atoms with van der Waals surface area (Å²) in [4.78, 5) is 44.6. The zero-order valence-corrected chi connectivity index (χ0v) is 18.3. The summed E-state index contributed by atoms with van der Waals surface area (Å²) in [6, 6.07) is 3.85. The van der Waals surface area contributed by atoms with Crippen molar-refractivity contribution in [1.82, 2.24) is 20.1 Å². The topological polar surface area (TPSA) is 135 Å². The Labute approximate surface area is 187 Å². The average molecular weight is 439 g/mol. The number of aromatic nitrogens is 1. The van der Waals surface area contributed by atoms with E-state index in [9.17, 15) is 14.4 Å². The molecule has 3 rings (SSSR count). The van der Waals surface area contributed by atoms with Crippen molar-refractivity contribution in [3.05, 3.63) is 59.2 Å². The van der Waals surface area contributed by atoms with Crippen molar-refractivity contribution in [3.63, 3.8) is 0 Å². The number of likely N-dealkylation sites (N-methyl/N-ethyl adjacent to an activating group) is 1. The van der Waals surface area contributed by atoms with E-state index in [1.54, 1.807) is 36.5 Å². The van der Waals surface area contributed by atoms with Crippen molar-refractivity contribution in [2.45, 2.75) is 31.7 Å². The fourth-order valence-corrected chi connectivity index (χ4v) is 3.61. The molecule has 2 aliphatic rings. The van der Waals surface area contributed by atoms with Gasteiger partial charge in [0.15, 0.2) is 0 Å². The Balaban J connectivity index is 1.60. The first-order valence-electron chi connectivity index (χ1n) is 10.7. The summed E-state index contributed by atoms with van der Waals surface area (Å²) in [5.41, 5.74) is 14.1. The fourth-order valence-electron chi connectivity index (χ4n) is 3.61. The molecule has 32 heavy (non-hydrogen) atoms. The van der Waals surface area contributed by atoms with Gasteiger partial charge in [0.05, 0.1) is 6.54 Å². The van der Waals surface area contributed by atoms with Gasteiger partial charge in [-0.1, -0.05) is 0 Å². The van der Waals surface area contributed by atoms with Crippen LogP contribution in [-0.4, -0.2) is 65.6 Å². The van der Waals surface area contributed by atoms with Gasteiger partial charge in [-0.05, 0) is 56.5 Å². The van der Waals surface area contributed by atoms with Crippen LogP contribution in [0.4, 0.5) is 0 Å². The van der Waals surface area contributed by atoms with Gasteiger partial charge in [-0.3, -0.25) is 24.3 Å². The van der Waals surface area contributed by atoms with E-state index in [2.05, 4.69) is 10.3 Å². The summed E-state index contributed by atoms with van der Waals surface area (Å²) in [7, 11) is 1.77. The van der Waals surface area contributed by atoms with Gasteiger partial charge < -0.3 is 21.7 Å². The van der Waals surface area contributed by atoms with Gasteiger partial charge in [-0.25, -0.2) is 0 Å². The Hall–Kier alpha value is -3.46. The van der Waals surface area contributed by atoms with E-state index in [4.69, 9.17) is 11.5 Å². The zero-order chi connectivity index (χ0) is 23.1. The van der Waals surface area contributed by atoms with E-state index in [0.717, 1.165) is 24.7 Å². The van der Waals surface area contributed by atoms with E-state index in [0.29, 0.717) is 36.2 Å². The molecular weight excluding hydrogens is 408 g/mol. The molecule has 5 N–H and O–H groups in total. The van der Waals surface area contributed by atoms with Crippen molar-refractivity contribution in [2.24, 2.45) is 11.5 Å². The van der Waals surface area contributed by atoms with Crippen molar-refractivity contribution < 1.29 is 14.4 Å². The van der Waals surface area contributed by atoms with E-state index >= 15 is 0 Å². The highest BCUT2D eigenvalue weighted by Crippen LogP contribution is 2.28. The molecule has 0 saturated heterocycles. The lowest BCUT2D eigenvalue weighted by Crippen LogP contribution is -2.41. The van der Waals surface area contributed by atoms with Crippen molar-refractivity contribution >= 4 is 23.8 Å². The Morgan fingerprint density at radius 1 is 1.31 bits per heavy atom. The van der Waals surface area contributed by atoms with Crippen molar-refractivity contribution in [1.29, 1.82) is 0 Å². The molecule has 0 atom stereocenters. The molecular formula is C23H30N6O3. The lowest BCUT2D eigenvalue weighted by Gasteiger charge is -2.24. The Morgan fingerprint density at radius 2 is 2.09 bits per heavy atom. The number of carbonyl (C=O) groups excluding carboxylic acids is 3. The molecule has 9 heteroatoms. The predicted octanol–water partition coefficient (Wildman–Crippen LogP) is 0.510. The van der Waals surface area contributed by atoms with Crippen LogP contribution in [0.15, 0.2) is 53.6 Å². The standard InChI is InChI=1S/C23H30N6O3/c1-28(18-6-7-18)23(32)19-13-29(11-3-5-17(19)15-30)14-22(31)27-21(25)9-8-20(24)16-4-2-10-26-12-16/h2,4,8-10,12,15,18H,3,5-7,11,13-14,24-25H2,1H3,(H,27,31)/b20-8-,21-9+. The molecule has 1 aromatic rings. The number of nitrogens with zero attached hydrogens (tertiary/aromatic N) is 3. The van der Waals surface area contributed by atoms with Gasteiger partial charge in [-0.15, -0.1) is 0 Å². The number of hydrogen-bond donors (Lipinski definition) is 3. The number of amides is 2. The second kappa shape index (κ2) is 10.7. The van der Waals surface area contributed by atoms with Crippen LogP contribution in [0.1, 0.15) is 31.2 Å². The second-order valence-electron chi connectivity index (χ2n) is 8.12. The highest BCUT2D eigenvalue weighted by molar-refractivity contribution is 5.99. The van der Waals surface area contributed by atoms with Gasteiger partial charge >= 0.3 is 0 Å². The average Bonchev–Trinajstić information content (AvgIpc) is 3.64. The molecule has 1 fully saturated rings. The van der Waals surface area contributed by atoms with Crippen LogP contribution in [0.5, 0.6) is 0 Å². The van der Waals surface area contributed by atoms with Gasteiger partial charge in [0, 0.05) is 54.4 Å². The van der Waals surface area contributed by atoms with Crippen LogP contribution in [0.3, 0.4) is 0 Å². The molecule has 0 bridgehead atoms. The molecule has 1 aliphatic heterocycles. The smallest absolute Gasteiger partial charge is 0.251 e.